The molecule has 1 atom stereocenters. The zero-order chi connectivity index (χ0) is 15.2. The number of aromatic nitrogens is 2. The zero-order valence-corrected chi connectivity index (χ0v) is 12.9. The first-order valence-corrected chi connectivity index (χ1v) is 8.22. The Kier molecular flexibility index (Phi) is 5.03. The van der Waals surface area contributed by atoms with Crippen LogP contribution in [0.5, 0.6) is 0 Å². The highest BCUT2D eigenvalue weighted by molar-refractivity contribution is 7.98. The summed E-state index contributed by atoms with van der Waals surface area (Å²) in [7, 11) is 0. The highest BCUT2D eigenvalue weighted by Gasteiger charge is 2.24. The van der Waals surface area contributed by atoms with Gasteiger partial charge >= 0.3 is 0 Å². The molecule has 0 spiro atoms. The fourth-order valence-electron chi connectivity index (χ4n) is 2.22. The van der Waals surface area contributed by atoms with Gasteiger partial charge in [0.15, 0.2) is 0 Å². The van der Waals surface area contributed by atoms with E-state index >= 15 is 0 Å². The maximum Gasteiger partial charge on any atom is 0.253 e. The topological polar surface area (TPSA) is 64.1 Å². The summed E-state index contributed by atoms with van der Waals surface area (Å²) >= 11 is 1.56. The second-order valence-electron chi connectivity index (χ2n) is 4.96. The van der Waals surface area contributed by atoms with Crippen molar-refractivity contribution in [3.05, 3.63) is 48.4 Å². The average Bonchev–Trinajstić information content (AvgIpc) is 3.10. The van der Waals surface area contributed by atoms with Crippen LogP contribution in [-0.4, -0.2) is 28.6 Å². The number of anilines is 1. The Labute approximate surface area is 133 Å². The average molecular weight is 315 g/mol. The van der Waals surface area contributed by atoms with Crippen molar-refractivity contribution in [2.45, 2.75) is 29.7 Å². The molecular formula is C16H17N3O2S. The van der Waals surface area contributed by atoms with Crippen molar-refractivity contribution in [1.82, 2.24) is 9.97 Å². The molecule has 3 rings (SSSR count). The lowest BCUT2D eigenvalue weighted by Gasteiger charge is -2.12. The Morgan fingerprint density at radius 3 is 2.95 bits per heavy atom. The molecule has 1 aliphatic heterocycles. The van der Waals surface area contributed by atoms with E-state index in [1.807, 2.05) is 30.3 Å². The fraction of sp³-hybridized carbons (Fsp3) is 0.312. The van der Waals surface area contributed by atoms with Crippen LogP contribution in [0.1, 0.15) is 18.5 Å². The van der Waals surface area contributed by atoms with Gasteiger partial charge in [0.2, 0.25) is 0 Å². The summed E-state index contributed by atoms with van der Waals surface area (Å²) < 4.78 is 5.41. The van der Waals surface area contributed by atoms with Gasteiger partial charge in [-0.05, 0) is 37.1 Å². The maximum atomic E-state index is 12.2. The van der Waals surface area contributed by atoms with E-state index in [1.54, 1.807) is 24.2 Å². The van der Waals surface area contributed by atoms with Gasteiger partial charge in [-0.2, -0.15) is 0 Å². The Hall–Kier alpha value is -1.92. The number of hydrogen-bond acceptors (Lipinski definition) is 5. The van der Waals surface area contributed by atoms with Gasteiger partial charge in [0, 0.05) is 24.8 Å². The highest BCUT2D eigenvalue weighted by Crippen LogP contribution is 2.27. The Bertz CT molecular complexity index is 630. The number of pyridine rings is 2. The predicted molar refractivity (Wildman–Crippen MR) is 85.6 cm³/mol. The molecular weight excluding hydrogens is 298 g/mol. The first kappa shape index (κ1) is 15.0. The van der Waals surface area contributed by atoms with E-state index in [0.29, 0.717) is 12.4 Å². The number of nitrogens with zero attached hydrogens (tertiary/aromatic N) is 2. The fourth-order valence-corrected chi connectivity index (χ4v) is 3.09. The summed E-state index contributed by atoms with van der Waals surface area (Å²) in [5, 5.41) is 3.71. The molecule has 1 aliphatic rings. The molecule has 22 heavy (non-hydrogen) atoms. The number of carbonyl (C=O) groups excluding carboxylic acids is 1. The SMILES string of the molecule is O=C(Nc1cccnc1SCc1ccccn1)[C@@H]1CCCO1. The van der Waals surface area contributed by atoms with Gasteiger partial charge in [0.1, 0.15) is 11.1 Å². The third-order valence-corrected chi connectivity index (χ3v) is 4.37. The maximum absolute atomic E-state index is 12.2. The summed E-state index contributed by atoms with van der Waals surface area (Å²) in [5.74, 6) is 0.617. The van der Waals surface area contributed by atoms with Crippen molar-refractivity contribution in [2.75, 3.05) is 11.9 Å². The molecule has 1 fully saturated rings. The van der Waals surface area contributed by atoms with Crippen LogP contribution in [0.4, 0.5) is 5.69 Å². The molecule has 5 nitrogen and oxygen atoms in total. The van der Waals surface area contributed by atoms with Crippen molar-refractivity contribution in [3.8, 4) is 0 Å². The monoisotopic (exact) mass is 315 g/mol. The van der Waals surface area contributed by atoms with E-state index in [4.69, 9.17) is 4.74 Å². The number of ether oxygens (including phenoxy) is 1. The minimum Gasteiger partial charge on any atom is -0.368 e. The molecule has 0 saturated carbocycles. The first-order valence-electron chi connectivity index (χ1n) is 7.23. The van der Waals surface area contributed by atoms with Gasteiger partial charge in [0.25, 0.3) is 5.91 Å². The molecule has 0 aliphatic carbocycles. The highest BCUT2D eigenvalue weighted by atomic mass is 32.2. The van der Waals surface area contributed by atoms with Gasteiger partial charge in [0.05, 0.1) is 11.4 Å². The third-order valence-electron chi connectivity index (χ3n) is 3.33. The largest absolute Gasteiger partial charge is 0.368 e. The number of hydrogen-bond donors (Lipinski definition) is 1. The molecule has 1 amide bonds. The number of carbonyl (C=O) groups is 1. The second-order valence-corrected chi connectivity index (χ2v) is 5.92. The second kappa shape index (κ2) is 7.38. The van der Waals surface area contributed by atoms with Crippen molar-refractivity contribution < 1.29 is 9.53 Å². The zero-order valence-electron chi connectivity index (χ0n) is 12.1. The van der Waals surface area contributed by atoms with Crippen LogP contribution in [0, 0.1) is 0 Å². The van der Waals surface area contributed by atoms with E-state index < -0.39 is 0 Å². The molecule has 1 N–H and O–H groups in total. The van der Waals surface area contributed by atoms with Crippen LogP contribution in [0.25, 0.3) is 0 Å². The van der Waals surface area contributed by atoms with Gasteiger partial charge in [-0.15, -0.1) is 0 Å². The van der Waals surface area contributed by atoms with Crippen LogP contribution in [0.15, 0.2) is 47.8 Å². The van der Waals surface area contributed by atoms with E-state index in [9.17, 15) is 4.79 Å². The molecule has 2 aromatic rings. The number of rotatable bonds is 5. The molecule has 0 bridgehead atoms. The van der Waals surface area contributed by atoms with Crippen LogP contribution in [-0.2, 0) is 15.3 Å². The molecule has 3 heterocycles. The van der Waals surface area contributed by atoms with Crippen LogP contribution < -0.4 is 5.32 Å². The van der Waals surface area contributed by atoms with Gasteiger partial charge in [-0.3, -0.25) is 9.78 Å². The van der Waals surface area contributed by atoms with Crippen LogP contribution in [0.3, 0.4) is 0 Å². The summed E-state index contributed by atoms with van der Waals surface area (Å²) in [4.78, 5) is 20.8. The minimum atomic E-state index is -0.339. The van der Waals surface area contributed by atoms with Crippen molar-refractivity contribution in [2.24, 2.45) is 0 Å². The summed E-state index contributed by atoms with van der Waals surface area (Å²) in [6.45, 7) is 0.659. The smallest absolute Gasteiger partial charge is 0.253 e. The van der Waals surface area contributed by atoms with Gasteiger partial charge in [-0.25, -0.2) is 4.98 Å². The lowest BCUT2D eigenvalue weighted by molar-refractivity contribution is -0.124. The minimum absolute atomic E-state index is 0.0924. The number of nitrogens with one attached hydrogen (secondary N) is 1. The van der Waals surface area contributed by atoms with Crippen LogP contribution >= 0.6 is 11.8 Å². The van der Waals surface area contributed by atoms with Crippen molar-refractivity contribution in [1.29, 1.82) is 0 Å². The third kappa shape index (κ3) is 3.84. The van der Waals surface area contributed by atoms with E-state index in [-0.39, 0.29) is 12.0 Å². The Morgan fingerprint density at radius 2 is 2.18 bits per heavy atom. The molecule has 6 heteroatoms. The van der Waals surface area contributed by atoms with Gasteiger partial charge in [-0.1, -0.05) is 17.8 Å². The van der Waals surface area contributed by atoms with Crippen molar-refractivity contribution >= 4 is 23.4 Å². The molecule has 114 valence electrons. The summed E-state index contributed by atoms with van der Waals surface area (Å²) in [5.41, 5.74) is 1.71. The quantitative estimate of drug-likeness (QED) is 0.860. The molecule has 0 radical (unpaired) electrons. The predicted octanol–water partition coefficient (Wildman–Crippen LogP) is 2.89. The molecule has 0 unspecified atom stereocenters. The lowest BCUT2D eigenvalue weighted by atomic mass is 10.2. The van der Waals surface area contributed by atoms with E-state index in [1.165, 1.54) is 0 Å². The summed E-state index contributed by atoms with van der Waals surface area (Å²) in [6, 6.07) is 9.50. The number of amides is 1. The van der Waals surface area contributed by atoms with Gasteiger partial charge < -0.3 is 10.1 Å². The van der Waals surface area contributed by atoms with E-state index in [2.05, 4.69) is 15.3 Å². The lowest BCUT2D eigenvalue weighted by Crippen LogP contribution is -2.27. The van der Waals surface area contributed by atoms with Crippen LogP contribution in [0.2, 0.25) is 0 Å². The van der Waals surface area contributed by atoms with Crippen molar-refractivity contribution in [3.63, 3.8) is 0 Å². The first-order chi connectivity index (χ1) is 10.8. The molecule has 2 aromatic heterocycles. The summed E-state index contributed by atoms with van der Waals surface area (Å²) in [6.07, 6.45) is 4.88. The normalized spacial score (nSPS) is 17.4. The van der Waals surface area contributed by atoms with E-state index in [0.717, 1.165) is 29.2 Å². The Balaban J connectivity index is 1.65. The standard InChI is InChI=1S/C16H17N3O2S/c20-15(14-7-4-10-21-14)19-13-6-3-9-18-16(13)22-11-12-5-1-2-8-17-12/h1-3,5-6,8-9,14H,4,7,10-11H2,(H,19,20)/t14-/m0/s1. The Morgan fingerprint density at radius 1 is 1.27 bits per heavy atom. The molecule has 1 saturated heterocycles. The number of thioether (sulfide) groups is 1. The molecule has 0 aromatic carbocycles.